The van der Waals surface area contributed by atoms with Gasteiger partial charge in [-0.2, -0.15) is 0 Å². The lowest BCUT2D eigenvalue weighted by Gasteiger charge is -2.15. The highest BCUT2D eigenvalue weighted by molar-refractivity contribution is 7.09. The minimum absolute atomic E-state index is 0.160. The minimum atomic E-state index is -0.160. The average molecular weight is 302 g/mol. The number of anilines is 1. The van der Waals surface area contributed by atoms with E-state index in [1.54, 1.807) is 17.4 Å². The fraction of sp³-hybridized carbons (Fsp3) is 0.400. The van der Waals surface area contributed by atoms with Crippen LogP contribution in [0.15, 0.2) is 29.6 Å². The summed E-state index contributed by atoms with van der Waals surface area (Å²) in [6, 6.07) is 7.72. The molecule has 0 unspecified atom stereocenters. The molecule has 5 nitrogen and oxygen atoms in total. The molecule has 21 heavy (non-hydrogen) atoms. The molecule has 3 rings (SSSR count). The van der Waals surface area contributed by atoms with E-state index in [0.29, 0.717) is 12.2 Å². The van der Waals surface area contributed by atoms with E-state index in [-0.39, 0.29) is 5.91 Å². The maximum atomic E-state index is 12.0. The van der Waals surface area contributed by atoms with Gasteiger partial charge in [0.1, 0.15) is 0 Å². The van der Waals surface area contributed by atoms with Crippen LogP contribution in [-0.2, 0) is 6.42 Å². The third kappa shape index (κ3) is 3.58. The fourth-order valence-corrected chi connectivity index (χ4v) is 3.11. The van der Waals surface area contributed by atoms with Gasteiger partial charge in [-0.05, 0) is 42.8 Å². The van der Waals surface area contributed by atoms with E-state index >= 15 is 0 Å². The van der Waals surface area contributed by atoms with Crippen molar-refractivity contribution in [3.05, 3.63) is 40.2 Å². The second-order valence-corrected chi connectivity index (χ2v) is 6.09. The fourth-order valence-electron chi connectivity index (χ4n) is 2.41. The van der Waals surface area contributed by atoms with Crippen LogP contribution >= 0.6 is 11.3 Å². The van der Waals surface area contributed by atoms with E-state index in [9.17, 15) is 4.79 Å². The highest BCUT2D eigenvalue weighted by Crippen LogP contribution is 2.16. The molecule has 0 aliphatic carbocycles. The lowest BCUT2D eigenvalue weighted by Crippen LogP contribution is -2.27. The van der Waals surface area contributed by atoms with Crippen molar-refractivity contribution in [1.82, 2.24) is 15.5 Å². The predicted octanol–water partition coefficient (Wildman–Crippen LogP) is 2.11. The van der Waals surface area contributed by atoms with Crippen LogP contribution in [0.4, 0.5) is 5.82 Å². The molecule has 3 heterocycles. The van der Waals surface area contributed by atoms with Crippen molar-refractivity contribution < 1.29 is 4.79 Å². The van der Waals surface area contributed by atoms with Gasteiger partial charge in [-0.15, -0.1) is 21.5 Å². The third-order valence-corrected chi connectivity index (χ3v) is 4.49. The van der Waals surface area contributed by atoms with E-state index in [1.807, 2.05) is 17.5 Å². The third-order valence-electron chi connectivity index (χ3n) is 3.55. The van der Waals surface area contributed by atoms with Crippen LogP contribution < -0.4 is 10.2 Å². The van der Waals surface area contributed by atoms with Gasteiger partial charge in [0, 0.05) is 24.5 Å². The standard InChI is InChI=1S/C15H18N4OS/c20-15(16-8-7-12-4-3-11-21-12)13-5-6-14(18-17-13)19-9-1-2-10-19/h3-6,11H,1-2,7-10H2,(H,16,20). The number of thiophene rings is 1. The normalized spacial score (nSPS) is 14.4. The smallest absolute Gasteiger partial charge is 0.271 e. The Morgan fingerprint density at radius 1 is 1.24 bits per heavy atom. The van der Waals surface area contributed by atoms with E-state index in [0.717, 1.165) is 25.3 Å². The highest BCUT2D eigenvalue weighted by atomic mass is 32.1. The van der Waals surface area contributed by atoms with Gasteiger partial charge in [-0.3, -0.25) is 4.79 Å². The number of hydrogen-bond acceptors (Lipinski definition) is 5. The molecule has 0 spiro atoms. The van der Waals surface area contributed by atoms with Crippen molar-refractivity contribution in [2.45, 2.75) is 19.3 Å². The summed E-state index contributed by atoms with van der Waals surface area (Å²) in [6.45, 7) is 2.68. The Labute approximate surface area is 128 Å². The summed E-state index contributed by atoms with van der Waals surface area (Å²) in [5.41, 5.74) is 0.379. The van der Waals surface area contributed by atoms with Crippen LogP contribution in [0.1, 0.15) is 28.2 Å². The molecule has 0 aromatic carbocycles. The van der Waals surface area contributed by atoms with Crippen molar-refractivity contribution in [1.29, 1.82) is 0 Å². The Bertz CT molecular complexity index is 576. The summed E-state index contributed by atoms with van der Waals surface area (Å²) in [6.07, 6.45) is 3.25. The molecule has 6 heteroatoms. The molecule has 2 aromatic rings. The molecule has 0 bridgehead atoms. The lowest BCUT2D eigenvalue weighted by atomic mass is 10.3. The quantitative estimate of drug-likeness (QED) is 0.919. The Morgan fingerprint density at radius 2 is 2.10 bits per heavy atom. The molecule has 1 saturated heterocycles. The number of nitrogens with zero attached hydrogens (tertiary/aromatic N) is 3. The maximum absolute atomic E-state index is 12.0. The van der Waals surface area contributed by atoms with E-state index < -0.39 is 0 Å². The summed E-state index contributed by atoms with van der Waals surface area (Å²) in [7, 11) is 0. The van der Waals surface area contributed by atoms with E-state index in [1.165, 1.54) is 17.7 Å². The highest BCUT2D eigenvalue weighted by Gasteiger charge is 2.15. The number of carbonyl (C=O) groups excluding carboxylic acids is 1. The molecular formula is C15H18N4OS. The Kier molecular flexibility index (Phi) is 4.45. The molecule has 1 amide bonds. The Balaban J connectivity index is 1.52. The van der Waals surface area contributed by atoms with Crippen molar-refractivity contribution in [2.75, 3.05) is 24.5 Å². The van der Waals surface area contributed by atoms with Crippen molar-refractivity contribution >= 4 is 23.1 Å². The molecule has 0 radical (unpaired) electrons. The zero-order valence-electron chi connectivity index (χ0n) is 11.8. The molecule has 1 N–H and O–H groups in total. The Hall–Kier alpha value is -1.95. The van der Waals surface area contributed by atoms with Gasteiger partial charge < -0.3 is 10.2 Å². The first-order valence-corrected chi connectivity index (χ1v) is 8.10. The Morgan fingerprint density at radius 3 is 2.76 bits per heavy atom. The summed E-state index contributed by atoms with van der Waals surface area (Å²) in [4.78, 5) is 15.5. The van der Waals surface area contributed by atoms with Crippen LogP contribution in [0.3, 0.4) is 0 Å². The van der Waals surface area contributed by atoms with Gasteiger partial charge in [-0.1, -0.05) is 6.07 Å². The lowest BCUT2D eigenvalue weighted by molar-refractivity contribution is 0.0948. The summed E-state index contributed by atoms with van der Waals surface area (Å²) >= 11 is 1.70. The number of amides is 1. The summed E-state index contributed by atoms with van der Waals surface area (Å²) in [5.74, 6) is 0.703. The van der Waals surface area contributed by atoms with Gasteiger partial charge in [0.2, 0.25) is 0 Å². The van der Waals surface area contributed by atoms with E-state index in [4.69, 9.17) is 0 Å². The summed E-state index contributed by atoms with van der Waals surface area (Å²) < 4.78 is 0. The monoisotopic (exact) mass is 302 g/mol. The van der Waals surface area contributed by atoms with Crippen LogP contribution in [0, 0.1) is 0 Å². The zero-order valence-corrected chi connectivity index (χ0v) is 12.6. The second kappa shape index (κ2) is 6.67. The van der Waals surface area contributed by atoms with Gasteiger partial charge in [0.25, 0.3) is 5.91 Å². The molecule has 2 aromatic heterocycles. The topological polar surface area (TPSA) is 58.1 Å². The SMILES string of the molecule is O=C(NCCc1cccs1)c1ccc(N2CCCC2)nn1. The van der Waals surface area contributed by atoms with Gasteiger partial charge in [0.15, 0.2) is 11.5 Å². The molecule has 0 atom stereocenters. The van der Waals surface area contributed by atoms with Gasteiger partial charge in [0.05, 0.1) is 0 Å². The summed E-state index contributed by atoms with van der Waals surface area (Å²) in [5, 5.41) is 13.1. The second-order valence-electron chi connectivity index (χ2n) is 5.06. The first kappa shape index (κ1) is 14.0. The molecule has 1 aliphatic rings. The maximum Gasteiger partial charge on any atom is 0.271 e. The molecule has 1 fully saturated rings. The first-order valence-electron chi connectivity index (χ1n) is 7.22. The van der Waals surface area contributed by atoms with Crippen molar-refractivity contribution in [3.8, 4) is 0 Å². The molecule has 0 saturated carbocycles. The predicted molar refractivity (Wildman–Crippen MR) is 83.8 cm³/mol. The first-order chi connectivity index (χ1) is 10.3. The van der Waals surface area contributed by atoms with Crippen molar-refractivity contribution in [2.24, 2.45) is 0 Å². The molecule has 110 valence electrons. The van der Waals surface area contributed by atoms with Gasteiger partial charge in [-0.25, -0.2) is 0 Å². The van der Waals surface area contributed by atoms with Crippen LogP contribution in [0.25, 0.3) is 0 Å². The largest absolute Gasteiger partial charge is 0.355 e. The number of hydrogen-bond donors (Lipinski definition) is 1. The minimum Gasteiger partial charge on any atom is -0.355 e. The number of carbonyl (C=O) groups is 1. The number of rotatable bonds is 5. The van der Waals surface area contributed by atoms with E-state index in [2.05, 4.69) is 26.5 Å². The molecule has 1 aliphatic heterocycles. The zero-order chi connectivity index (χ0) is 14.5. The van der Waals surface area contributed by atoms with Crippen LogP contribution in [-0.4, -0.2) is 35.7 Å². The van der Waals surface area contributed by atoms with Crippen LogP contribution in [0.2, 0.25) is 0 Å². The molecular weight excluding hydrogens is 284 g/mol. The van der Waals surface area contributed by atoms with Crippen LogP contribution in [0.5, 0.6) is 0 Å². The van der Waals surface area contributed by atoms with Crippen molar-refractivity contribution in [3.63, 3.8) is 0 Å². The number of aromatic nitrogens is 2. The average Bonchev–Trinajstić information content (AvgIpc) is 3.21. The number of nitrogens with one attached hydrogen (secondary N) is 1. The van der Waals surface area contributed by atoms with Gasteiger partial charge >= 0.3 is 0 Å².